The summed E-state index contributed by atoms with van der Waals surface area (Å²) in [7, 11) is 0. The predicted octanol–water partition coefficient (Wildman–Crippen LogP) is 1.51. The molecule has 0 heterocycles. The Hall–Kier alpha value is 0.170. The first-order valence-corrected chi connectivity index (χ1v) is 4.57. The molecule has 0 fully saturated rings. The zero-order valence-electron chi connectivity index (χ0n) is 7.05. The average Bonchev–Trinajstić information content (AvgIpc) is 1.82. The Kier molecular flexibility index (Phi) is 4.66. The SMILES string of the molecule is CC(=O)C(C(C)=O)C(O)C(Cl)(Cl)Cl. The highest BCUT2D eigenvalue weighted by atomic mass is 35.6. The Balaban J connectivity index is 4.77. The number of aliphatic hydroxyl groups is 1. The Morgan fingerprint density at radius 2 is 1.46 bits per heavy atom. The molecular weight excluding hydrogens is 238 g/mol. The molecular formula is C7H9Cl3O3. The molecule has 3 nitrogen and oxygen atoms in total. The normalized spacial score (nSPS) is 14.4. The lowest BCUT2D eigenvalue weighted by atomic mass is 9.95. The number of carbonyl (C=O) groups is 2. The van der Waals surface area contributed by atoms with E-state index in [-0.39, 0.29) is 0 Å². The molecule has 0 radical (unpaired) electrons. The van der Waals surface area contributed by atoms with E-state index in [1.807, 2.05) is 0 Å². The molecule has 13 heavy (non-hydrogen) atoms. The molecule has 0 aliphatic carbocycles. The molecule has 0 aromatic carbocycles. The van der Waals surface area contributed by atoms with Gasteiger partial charge in [-0.05, 0) is 13.8 Å². The van der Waals surface area contributed by atoms with Crippen molar-refractivity contribution in [3.63, 3.8) is 0 Å². The third-order valence-electron chi connectivity index (χ3n) is 1.53. The zero-order chi connectivity index (χ0) is 10.8. The zero-order valence-corrected chi connectivity index (χ0v) is 9.32. The third kappa shape index (κ3) is 3.81. The minimum Gasteiger partial charge on any atom is -0.387 e. The van der Waals surface area contributed by atoms with Crippen LogP contribution in [0, 0.1) is 5.92 Å². The molecule has 0 saturated heterocycles. The first-order valence-electron chi connectivity index (χ1n) is 3.43. The second-order valence-corrected chi connectivity index (χ2v) is 5.05. The van der Waals surface area contributed by atoms with Crippen LogP contribution in [0.25, 0.3) is 0 Å². The Morgan fingerprint density at radius 1 is 1.15 bits per heavy atom. The van der Waals surface area contributed by atoms with Crippen molar-refractivity contribution in [3.05, 3.63) is 0 Å². The van der Waals surface area contributed by atoms with Gasteiger partial charge in [0, 0.05) is 0 Å². The minimum absolute atomic E-state index is 0.522. The lowest BCUT2D eigenvalue weighted by Gasteiger charge is -2.24. The summed E-state index contributed by atoms with van der Waals surface area (Å²) >= 11 is 16.0. The lowest BCUT2D eigenvalue weighted by molar-refractivity contribution is -0.134. The molecule has 76 valence electrons. The third-order valence-corrected chi connectivity index (χ3v) is 2.20. The summed E-state index contributed by atoms with van der Waals surface area (Å²) in [5.41, 5.74) is 0. The fourth-order valence-corrected chi connectivity index (χ4v) is 1.30. The maximum Gasteiger partial charge on any atom is 0.217 e. The first-order chi connectivity index (χ1) is 5.68. The van der Waals surface area contributed by atoms with E-state index in [9.17, 15) is 14.7 Å². The lowest BCUT2D eigenvalue weighted by Crippen LogP contribution is -2.41. The molecule has 0 saturated carbocycles. The predicted molar refractivity (Wildman–Crippen MR) is 51.1 cm³/mol. The maximum atomic E-state index is 10.9. The number of halogens is 3. The number of Topliss-reactive ketones (excluding diaryl/α,β-unsaturated/α-hetero) is 2. The van der Waals surface area contributed by atoms with Gasteiger partial charge in [-0.3, -0.25) is 9.59 Å². The molecule has 0 aromatic heterocycles. The maximum absolute atomic E-state index is 10.9. The quantitative estimate of drug-likeness (QED) is 0.607. The van der Waals surface area contributed by atoms with E-state index < -0.39 is 27.4 Å². The second-order valence-electron chi connectivity index (χ2n) is 2.69. The van der Waals surface area contributed by atoms with Gasteiger partial charge in [0.05, 0.1) is 0 Å². The van der Waals surface area contributed by atoms with Gasteiger partial charge in [-0.15, -0.1) is 0 Å². The highest BCUT2D eigenvalue weighted by molar-refractivity contribution is 6.68. The van der Waals surface area contributed by atoms with Gasteiger partial charge >= 0.3 is 0 Å². The van der Waals surface area contributed by atoms with Gasteiger partial charge in [-0.1, -0.05) is 34.8 Å². The van der Waals surface area contributed by atoms with Crippen LogP contribution >= 0.6 is 34.8 Å². The summed E-state index contributed by atoms with van der Waals surface area (Å²) in [6.45, 7) is 2.32. The van der Waals surface area contributed by atoms with Gasteiger partial charge in [0.25, 0.3) is 0 Å². The molecule has 1 atom stereocenters. The van der Waals surface area contributed by atoms with Crippen LogP contribution in [0.3, 0.4) is 0 Å². The molecule has 0 spiro atoms. The van der Waals surface area contributed by atoms with Crippen molar-refractivity contribution in [2.24, 2.45) is 5.92 Å². The van der Waals surface area contributed by atoms with E-state index in [4.69, 9.17) is 34.8 Å². The molecule has 6 heteroatoms. The highest BCUT2D eigenvalue weighted by Gasteiger charge is 2.41. The molecule has 1 N–H and O–H groups in total. The Morgan fingerprint density at radius 3 is 1.54 bits per heavy atom. The molecule has 0 rings (SSSR count). The van der Waals surface area contributed by atoms with Crippen LogP contribution < -0.4 is 0 Å². The van der Waals surface area contributed by atoms with Crippen LogP contribution in [0.5, 0.6) is 0 Å². The summed E-state index contributed by atoms with van der Waals surface area (Å²) in [6, 6.07) is 0. The number of rotatable bonds is 3. The van der Waals surface area contributed by atoms with Crippen molar-refractivity contribution in [3.8, 4) is 0 Å². The topological polar surface area (TPSA) is 54.4 Å². The number of alkyl halides is 3. The standard InChI is InChI=1S/C7H9Cl3O3/c1-3(11)5(4(2)12)6(13)7(8,9)10/h5-6,13H,1-2H3. The number of ketones is 2. The van der Waals surface area contributed by atoms with E-state index in [1.165, 1.54) is 0 Å². The van der Waals surface area contributed by atoms with Gasteiger partial charge < -0.3 is 5.11 Å². The summed E-state index contributed by atoms with van der Waals surface area (Å²) < 4.78 is -2.03. The highest BCUT2D eigenvalue weighted by Crippen LogP contribution is 2.34. The van der Waals surface area contributed by atoms with Gasteiger partial charge in [0.15, 0.2) is 0 Å². The number of hydrogen-bond donors (Lipinski definition) is 1. The average molecular weight is 248 g/mol. The van der Waals surface area contributed by atoms with E-state index in [0.29, 0.717) is 0 Å². The van der Waals surface area contributed by atoms with Gasteiger partial charge in [0.2, 0.25) is 3.79 Å². The van der Waals surface area contributed by atoms with Crippen LogP contribution in [0.15, 0.2) is 0 Å². The van der Waals surface area contributed by atoms with Crippen molar-refractivity contribution >= 4 is 46.4 Å². The number of carbonyl (C=O) groups excluding carboxylic acids is 2. The van der Waals surface area contributed by atoms with Crippen molar-refractivity contribution in [2.75, 3.05) is 0 Å². The Labute approximate surface area is 91.0 Å². The molecule has 0 bridgehead atoms. The van der Waals surface area contributed by atoms with Gasteiger partial charge in [-0.25, -0.2) is 0 Å². The van der Waals surface area contributed by atoms with Crippen LogP contribution in [0.2, 0.25) is 0 Å². The van der Waals surface area contributed by atoms with Crippen molar-refractivity contribution < 1.29 is 14.7 Å². The summed E-state index contributed by atoms with van der Waals surface area (Å²) in [4.78, 5) is 21.8. The van der Waals surface area contributed by atoms with Crippen molar-refractivity contribution in [2.45, 2.75) is 23.7 Å². The smallest absolute Gasteiger partial charge is 0.217 e. The first kappa shape index (κ1) is 13.2. The largest absolute Gasteiger partial charge is 0.387 e. The fraction of sp³-hybridized carbons (Fsp3) is 0.714. The van der Waals surface area contributed by atoms with E-state index in [2.05, 4.69) is 0 Å². The van der Waals surface area contributed by atoms with Crippen molar-refractivity contribution in [1.29, 1.82) is 0 Å². The van der Waals surface area contributed by atoms with Gasteiger partial charge in [0.1, 0.15) is 23.6 Å². The van der Waals surface area contributed by atoms with E-state index in [0.717, 1.165) is 13.8 Å². The number of aliphatic hydroxyl groups excluding tert-OH is 1. The summed E-state index contributed by atoms with van der Waals surface area (Å²) in [6.07, 6.45) is -1.60. The van der Waals surface area contributed by atoms with Crippen LogP contribution in [-0.4, -0.2) is 26.6 Å². The van der Waals surface area contributed by atoms with E-state index >= 15 is 0 Å². The second kappa shape index (κ2) is 4.60. The molecule has 0 aromatic rings. The summed E-state index contributed by atoms with van der Waals surface area (Å²) in [5, 5.41) is 9.35. The summed E-state index contributed by atoms with van der Waals surface area (Å²) in [5.74, 6) is -2.31. The molecule has 0 aliphatic rings. The van der Waals surface area contributed by atoms with Crippen LogP contribution in [0.4, 0.5) is 0 Å². The van der Waals surface area contributed by atoms with E-state index in [1.54, 1.807) is 0 Å². The molecule has 0 amide bonds. The minimum atomic E-state index is -2.03. The monoisotopic (exact) mass is 246 g/mol. The fourth-order valence-electron chi connectivity index (χ4n) is 0.920. The Bertz CT molecular complexity index is 208. The number of hydrogen-bond acceptors (Lipinski definition) is 3. The molecule has 1 unspecified atom stereocenters. The molecule has 0 aliphatic heterocycles. The van der Waals surface area contributed by atoms with Crippen molar-refractivity contribution in [1.82, 2.24) is 0 Å². The van der Waals surface area contributed by atoms with Crippen LogP contribution in [-0.2, 0) is 9.59 Å². The van der Waals surface area contributed by atoms with Gasteiger partial charge in [-0.2, -0.15) is 0 Å². The van der Waals surface area contributed by atoms with Crippen LogP contribution in [0.1, 0.15) is 13.8 Å².